The zero-order chi connectivity index (χ0) is 16.8. The first-order valence-corrected chi connectivity index (χ1v) is 7.78. The Morgan fingerprint density at radius 2 is 2.13 bits per heavy atom. The first kappa shape index (κ1) is 17.0. The molecule has 122 valence electrons. The SMILES string of the molecule is CCCCN(CC(N)=O)C(=O)c1ccn(-c2cccc(Cl)c2)n1. The number of hydrogen-bond acceptors (Lipinski definition) is 3. The Balaban J connectivity index is 2.19. The summed E-state index contributed by atoms with van der Waals surface area (Å²) in [5.41, 5.74) is 6.24. The molecule has 1 aromatic carbocycles. The number of amides is 2. The number of nitrogens with zero attached hydrogens (tertiary/aromatic N) is 3. The molecule has 0 spiro atoms. The molecule has 2 rings (SSSR count). The molecule has 1 aromatic heterocycles. The van der Waals surface area contributed by atoms with Gasteiger partial charge >= 0.3 is 0 Å². The van der Waals surface area contributed by atoms with Crippen LogP contribution in [0.4, 0.5) is 0 Å². The molecule has 0 bridgehead atoms. The third kappa shape index (κ3) is 4.56. The Bertz CT molecular complexity index is 699. The maximum absolute atomic E-state index is 12.5. The van der Waals surface area contributed by atoms with E-state index >= 15 is 0 Å². The van der Waals surface area contributed by atoms with Crippen molar-refractivity contribution < 1.29 is 9.59 Å². The molecular weight excluding hydrogens is 316 g/mol. The molecule has 6 nitrogen and oxygen atoms in total. The van der Waals surface area contributed by atoms with Gasteiger partial charge in [0.05, 0.1) is 12.2 Å². The van der Waals surface area contributed by atoms with Crippen LogP contribution >= 0.6 is 11.6 Å². The van der Waals surface area contributed by atoms with Crippen LogP contribution in [0.25, 0.3) is 5.69 Å². The third-order valence-corrected chi connectivity index (χ3v) is 3.53. The molecule has 1 heterocycles. The van der Waals surface area contributed by atoms with Crippen molar-refractivity contribution in [3.8, 4) is 5.69 Å². The number of rotatable bonds is 7. The highest BCUT2D eigenvalue weighted by Gasteiger charge is 2.19. The van der Waals surface area contributed by atoms with Gasteiger partial charge in [0.25, 0.3) is 5.91 Å². The Hall–Kier alpha value is -2.34. The Labute approximate surface area is 139 Å². The van der Waals surface area contributed by atoms with Gasteiger partial charge in [-0.15, -0.1) is 0 Å². The first-order chi connectivity index (χ1) is 11.0. The standard InChI is InChI=1S/C16H19ClN4O2/c1-2-3-8-20(11-15(18)22)16(23)14-7-9-21(19-14)13-6-4-5-12(17)10-13/h4-7,9-10H,2-3,8,11H2,1H3,(H2,18,22). The highest BCUT2D eigenvalue weighted by molar-refractivity contribution is 6.30. The van der Waals surface area contributed by atoms with Crippen LogP contribution in [-0.4, -0.2) is 39.6 Å². The summed E-state index contributed by atoms with van der Waals surface area (Å²) in [6, 6.07) is 8.77. The molecule has 0 radical (unpaired) electrons. The average molecular weight is 335 g/mol. The molecule has 0 atom stereocenters. The summed E-state index contributed by atoms with van der Waals surface area (Å²) >= 11 is 5.96. The molecule has 0 saturated carbocycles. The van der Waals surface area contributed by atoms with E-state index in [0.29, 0.717) is 11.6 Å². The lowest BCUT2D eigenvalue weighted by atomic mass is 10.3. The van der Waals surface area contributed by atoms with E-state index < -0.39 is 5.91 Å². The molecule has 2 aromatic rings. The fraction of sp³-hybridized carbons (Fsp3) is 0.312. The van der Waals surface area contributed by atoms with Gasteiger partial charge in [-0.3, -0.25) is 9.59 Å². The van der Waals surface area contributed by atoms with Crippen LogP contribution in [0.2, 0.25) is 5.02 Å². The summed E-state index contributed by atoms with van der Waals surface area (Å²) in [5, 5.41) is 4.86. The van der Waals surface area contributed by atoms with E-state index in [1.165, 1.54) is 4.90 Å². The number of carbonyl (C=O) groups is 2. The number of primary amides is 1. The normalized spacial score (nSPS) is 10.5. The fourth-order valence-electron chi connectivity index (χ4n) is 2.15. The average Bonchev–Trinajstić information content (AvgIpc) is 3.00. The molecule has 0 aliphatic heterocycles. The van der Waals surface area contributed by atoms with Crippen LogP contribution in [-0.2, 0) is 4.79 Å². The van der Waals surface area contributed by atoms with Gasteiger partial charge in [0.15, 0.2) is 5.69 Å². The van der Waals surface area contributed by atoms with Crippen molar-refractivity contribution in [3.63, 3.8) is 0 Å². The van der Waals surface area contributed by atoms with Gasteiger partial charge in [0.1, 0.15) is 0 Å². The van der Waals surface area contributed by atoms with Crippen molar-refractivity contribution in [1.82, 2.24) is 14.7 Å². The zero-order valence-electron chi connectivity index (χ0n) is 12.9. The monoisotopic (exact) mass is 334 g/mol. The number of halogens is 1. The second kappa shape index (κ2) is 7.78. The minimum absolute atomic E-state index is 0.108. The van der Waals surface area contributed by atoms with Crippen LogP contribution in [0.3, 0.4) is 0 Å². The summed E-state index contributed by atoms with van der Waals surface area (Å²) < 4.78 is 1.57. The lowest BCUT2D eigenvalue weighted by molar-refractivity contribution is -0.118. The molecule has 0 aliphatic carbocycles. The Morgan fingerprint density at radius 1 is 1.35 bits per heavy atom. The topological polar surface area (TPSA) is 81.2 Å². The highest BCUT2D eigenvalue weighted by atomic mass is 35.5. The largest absolute Gasteiger partial charge is 0.368 e. The molecule has 7 heteroatoms. The van der Waals surface area contributed by atoms with Gasteiger partial charge in [-0.1, -0.05) is 31.0 Å². The van der Waals surface area contributed by atoms with Gasteiger partial charge in [-0.2, -0.15) is 5.10 Å². The first-order valence-electron chi connectivity index (χ1n) is 7.40. The molecule has 0 saturated heterocycles. The lowest BCUT2D eigenvalue weighted by Crippen LogP contribution is -2.39. The number of unbranched alkanes of at least 4 members (excludes halogenated alkanes) is 1. The van der Waals surface area contributed by atoms with Crippen LogP contribution in [0.1, 0.15) is 30.3 Å². The maximum atomic E-state index is 12.5. The second-order valence-electron chi connectivity index (χ2n) is 5.17. The molecule has 0 aliphatic rings. The van der Waals surface area contributed by atoms with E-state index in [0.717, 1.165) is 18.5 Å². The van der Waals surface area contributed by atoms with Gasteiger partial charge in [-0.05, 0) is 30.7 Å². The second-order valence-corrected chi connectivity index (χ2v) is 5.61. The molecule has 0 unspecified atom stereocenters. The molecule has 0 fully saturated rings. The van der Waals surface area contributed by atoms with Crippen molar-refractivity contribution in [1.29, 1.82) is 0 Å². The lowest BCUT2D eigenvalue weighted by Gasteiger charge is -2.19. The third-order valence-electron chi connectivity index (χ3n) is 3.30. The number of aromatic nitrogens is 2. The van der Waals surface area contributed by atoms with E-state index in [1.54, 1.807) is 29.1 Å². The van der Waals surface area contributed by atoms with Gasteiger partial charge in [0, 0.05) is 17.8 Å². The number of carbonyl (C=O) groups excluding carboxylic acids is 2. The van der Waals surface area contributed by atoms with Gasteiger partial charge in [0.2, 0.25) is 5.91 Å². The van der Waals surface area contributed by atoms with E-state index in [9.17, 15) is 9.59 Å². The van der Waals surface area contributed by atoms with Crippen molar-refractivity contribution in [2.75, 3.05) is 13.1 Å². The predicted octanol–water partition coefficient (Wildman–Crippen LogP) is 2.25. The van der Waals surface area contributed by atoms with Crippen molar-refractivity contribution >= 4 is 23.4 Å². The summed E-state index contributed by atoms with van der Waals surface area (Å²) in [5.74, 6) is -0.846. The fourth-order valence-corrected chi connectivity index (χ4v) is 2.34. The van der Waals surface area contributed by atoms with Crippen molar-refractivity contribution in [2.45, 2.75) is 19.8 Å². The van der Waals surface area contributed by atoms with E-state index in [1.807, 2.05) is 19.1 Å². The number of nitrogens with two attached hydrogens (primary N) is 1. The summed E-state index contributed by atoms with van der Waals surface area (Å²) in [6.07, 6.45) is 3.40. The van der Waals surface area contributed by atoms with Crippen LogP contribution in [0.5, 0.6) is 0 Å². The number of hydrogen-bond donors (Lipinski definition) is 1. The highest BCUT2D eigenvalue weighted by Crippen LogP contribution is 2.15. The molecule has 2 N–H and O–H groups in total. The van der Waals surface area contributed by atoms with Crippen molar-refractivity contribution in [2.24, 2.45) is 5.73 Å². The maximum Gasteiger partial charge on any atom is 0.274 e. The quantitative estimate of drug-likeness (QED) is 0.843. The van der Waals surface area contributed by atoms with Crippen LogP contribution in [0.15, 0.2) is 36.5 Å². The minimum atomic E-state index is -0.538. The van der Waals surface area contributed by atoms with E-state index in [-0.39, 0.29) is 18.1 Å². The minimum Gasteiger partial charge on any atom is -0.368 e. The molecular formula is C16H19ClN4O2. The smallest absolute Gasteiger partial charge is 0.274 e. The van der Waals surface area contributed by atoms with Gasteiger partial charge < -0.3 is 10.6 Å². The summed E-state index contributed by atoms with van der Waals surface area (Å²) in [4.78, 5) is 25.1. The number of benzene rings is 1. The van der Waals surface area contributed by atoms with E-state index in [4.69, 9.17) is 17.3 Å². The zero-order valence-corrected chi connectivity index (χ0v) is 13.7. The van der Waals surface area contributed by atoms with Crippen molar-refractivity contribution in [3.05, 3.63) is 47.2 Å². The molecule has 2 amide bonds. The predicted molar refractivity (Wildman–Crippen MR) is 88.6 cm³/mol. The van der Waals surface area contributed by atoms with Crippen LogP contribution in [0, 0.1) is 0 Å². The van der Waals surface area contributed by atoms with Gasteiger partial charge in [-0.25, -0.2) is 4.68 Å². The Morgan fingerprint density at radius 3 is 2.78 bits per heavy atom. The Kier molecular flexibility index (Phi) is 5.76. The van der Waals surface area contributed by atoms with E-state index in [2.05, 4.69) is 5.10 Å². The van der Waals surface area contributed by atoms with Crippen LogP contribution < -0.4 is 5.73 Å². The summed E-state index contributed by atoms with van der Waals surface area (Å²) in [6.45, 7) is 2.38. The molecule has 23 heavy (non-hydrogen) atoms. The summed E-state index contributed by atoms with van der Waals surface area (Å²) in [7, 11) is 0.